The molecule has 0 amide bonds. The van der Waals surface area contributed by atoms with Crippen molar-refractivity contribution in [3.05, 3.63) is 59.9 Å². The number of nitrogens with one attached hydrogen (secondary N) is 2. The number of nitrogens with zero attached hydrogens (tertiary/aromatic N) is 7. The molecule has 0 aliphatic rings. The Labute approximate surface area is 414 Å². The van der Waals surface area contributed by atoms with Crippen molar-refractivity contribution in [2.24, 2.45) is 20.5 Å². The molecule has 1 aromatic heterocycles. The number of hydrogen-bond donors (Lipinski definition) is 11. The molecule has 396 valence electrons. The highest BCUT2D eigenvalue weighted by Gasteiger charge is 2.28. The third-order valence-corrected chi connectivity index (χ3v) is 15.5. The Morgan fingerprint density at radius 2 is 0.918 bits per heavy atom. The predicted octanol–water partition coefficient (Wildman–Crippen LogP) is 2.59. The molecule has 5 aromatic rings. The normalized spacial score (nSPS) is 13.2. The molecule has 0 saturated heterocycles. The van der Waals surface area contributed by atoms with Gasteiger partial charge in [-0.25, -0.2) is 25.2 Å². The lowest BCUT2D eigenvalue weighted by Crippen LogP contribution is -2.16. The molecular weight excluding hydrogens is 1160 g/mol. The monoisotopic (exact) mass is 1180 g/mol. The average molecular weight is 1190 g/mol. The molecule has 0 spiro atoms. The zero-order valence-corrected chi connectivity index (χ0v) is 41.4. The summed E-state index contributed by atoms with van der Waals surface area (Å²) in [5.74, 6) is -8.24. The van der Waals surface area contributed by atoms with E-state index in [1.54, 1.807) is 0 Å². The molecule has 0 fully saturated rings. The Kier molecular flexibility index (Phi) is 16.7. The van der Waals surface area contributed by atoms with Gasteiger partial charge in [-0.05, 0) is 54.1 Å². The van der Waals surface area contributed by atoms with Crippen molar-refractivity contribution in [1.29, 1.82) is 0 Å². The van der Waals surface area contributed by atoms with Crippen LogP contribution in [0.1, 0.15) is 0 Å². The van der Waals surface area contributed by atoms with Crippen molar-refractivity contribution in [3.8, 4) is 23.0 Å². The zero-order valence-electron chi connectivity index (χ0n) is 34.9. The molecule has 0 bridgehead atoms. The van der Waals surface area contributed by atoms with Gasteiger partial charge in [0.2, 0.25) is 17.2 Å². The molecule has 11 N–H and O–H groups in total. The third-order valence-electron chi connectivity index (χ3n) is 8.47. The number of aromatic nitrogens is 3. The molecule has 4 aromatic carbocycles. The van der Waals surface area contributed by atoms with E-state index in [1.807, 2.05) is 0 Å². The molecule has 42 heteroatoms. The molecule has 0 atom stereocenters. The minimum absolute atomic E-state index is 0.259. The highest BCUT2D eigenvalue weighted by Crippen LogP contribution is 2.43. The van der Waals surface area contributed by atoms with E-state index in [0.717, 1.165) is 12.1 Å². The van der Waals surface area contributed by atoms with Crippen molar-refractivity contribution in [2.75, 3.05) is 35.4 Å². The largest absolute Gasteiger partial charge is 0.505 e. The number of aromatic hydroxyl groups is 4. The van der Waals surface area contributed by atoms with Crippen LogP contribution in [0.4, 0.5) is 46.0 Å². The van der Waals surface area contributed by atoms with Crippen LogP contribution in [0.25, 0.3) is 0 Å². The molecule has 0 unspecified atom stereocenters. The fourth-order valence-corrected chi connectivity index (χ4v) is 10.6. The molecule has 5 rings (SSSR count). The lowest BCUT2D eigenvalue weighted by Gasteiger charge is -2.14. The van der Waals surface area contributed by atoms with Crippen LogP contribution < -0.4 is 10.6 Å². The highest BCUT2D eigenvalue weighted by molar-refractivity contribution is 7.92. The summed E-state index contributed by atoms with van der Waals surface area (Å²) in [5.41, 5.74) is -4.19. The van der Waals surface area contributed by atoms with Crippen molar-refractivity contribution in [2.45, 2.75) is 24.5 Å². The number of sulfone groups is 2. The Morgan fingerprint density at radius 3 is 1.40 bits per heavy atom. The first kappa shape index (κ1) is 57.5. The van der Waals surface area contributed by atoms with E-state index in [9.17, 15) is 93.0 Å². The van der Waals surface area contributed by atoms with Crippen molar-refractivity contribution in [1.82, 2.24) is 15.0 Å². The van der Waals surface area contributed by atoms with Gasteiger partial charge in [0.1, 0.15) is 48.9 Å². The smallest absolute Gasteiger partial charge is 0.397 e. The summed E-state index contributed by atoms with van der Waals surface area (Å²) in [6.45, 7) is -2.36. The van der Waals surface area contributed by atoms with E-state index in [1.165, 1.54) is 0 Å². The molecule has 0 aliphatic heterocycles. The number of phenols is 4. The fourth-order valence-electron chi connectivity index (χ4n) is 5.33. The summed E-state index contributed by atoms with van der Waals surface area (Å²) in [4.78, 5) is 5.47. The summed E-state index contributed by atoms with van der Waals surface area (Å²) in [7, 11) is -35.8. The van der Waals surface area contributed by atoms with E-state index in [2.05, 4.69) is 54.4 Å². The molecular formula is C31H28ClN9O25S7. The van der Waals surface area contributed by atoms with Gasteiger partial charge in [0.05, 0.1) is 40.2 Å². The summed E-state index contributed by atoms with van der Waals surface area (Å²) in [6.07, 6.45) is 0. The van der Waals surface area contributed by atoms with Gasteiger partial charge in [-0.1, -0.05) is 0 Å². The van der Waals surface area contributed by atoms with Gasteiger partial charge >= 0.3 is 20.8 Å². The van der Waals surface area contributed by atoms with E-state index in [0.29, 0.717) is 36.4 Å². The Bertz CT molecular complexity index is 3940. The Morgan fingerprint density at radius 1 is 0.479 bits per heavy atom. The first-order chi connectivity index (χ1) is 33.3. The number of azo groups is 2. The van der Waals surface area contributed by atoms with Crippen LogP contribution in [0.3, 0.4) is 0 Å². The van der Waals surface area contributed by atoms with Crippen molar-refractivity contribution < 1.29 is 110 Å². The van der Waals surface area contributed by atoms with Crippen LogP contribution in [0, 0.1) is 0 Å². The minimum atomic E-state index is -5.42. The Balaban J connectivity index is 1.46. The average Bonchev–Trinajstić information content (AvgIpc) is 3.21. The summed E-state index contributed by atoms with van der Waals surface area (Å²) in [5, 5.41) is 60.4. The van der Waals surface area contributed by atoms with Crippen LogP contribution in [0.2, 0.25) is 5.28 Å². The molecule has 0 saturated carbocycles. The maximum atomic E-state index is 12.9. The van der Waals surface area contributed by atoms with E-state index in [-0.39, 0.29) is 11.8 Å². The number of benzene rings is 4. The lowest BCUT2D eigenvalue weighted by atomic mass is 10.2. The summed E-state index contributed by atoms with van der Waals surface area (Å²) in [6, 6.07) is 5.55. The van der Waals surface area contributed by atoms with E-state index < -0.39 is 189 Å². The molecule has 34 nitrogen and oxygen atoms in total. The van der Waals surface area contributed by atoms with Crippen LogP contribution >= 0.6 is 11.6 Å². The van der Waals surface area contributed by atoms with Gasteiger partial charge < -0.3 is 31.1 Å². The second kappa shape index (κ2) is 21.2. The highest BCUT2D eigenvalue weighted by atomic mass is 35.5. The second-order valence-electron chi connectivity index (χ2n) is 13.6. The maximum absolute atomic E-state index is 12.9. The first-order valence-electron chi connectivity index (χ1n) is 18.2. The van der Waals surface area contributed by atoms with Crippen LogP contribution in [-0.4, -0.2) is 142 Å². The number of hydrogen-bond acceptors (Lipinski definition) is 29. The Hall–Kier alpha value is -6.45. The zero-order chi connectivity index (χ0) is 54.9. The number of anilines is 4. The van der Waals surface area contributed by atoms with Crippen molar-refractivity contribution in [3.63, 3.8) is 0 Å². The van der Waals surface area contributed by atoms with Gasteiger partial charge in [0, 0.05) is 17.8 Å². The topological polar surface area (TPSA) is 552 Å². The molecule has 73 heavy (non-hydrogen) atoms. The SMILES string of the molecule is O=S(=O)(O)OCCS(=O)(=O)c1cc(N=Nc2cc(N=Nc3ccc(Nc4nc(Cl)nc(Nc5cc(S(=O)(=O)CCOS(=O)(=O)O)cc(S(=O)(=O)O)c5O)n4)cc3S(=O)(=O)O)c(O)cc2O)c(O)c(S(=O)(=O)O)c1. The van der Waals surface area contributed by atoms with Crippen LogP contribution in [0.15, 0.2) is 99.5 Å². The molecule has 0 radical (unpaired) electrons. The minimum Gasteiger partial charge on any atom is -0.505 e. The second-order valence-corrected chi connectivity index (χ2v) is 24.5. The molecule has 0 aliphatic carbocycles. The van der Waals surface area contributed by atoms with E-state index >= 15 is 0 Å². The number of rotatable bonds is 21. The van der Waals surface area contributed by atoms with Gasteiger partial charge in [-0.2, -0.15) is 57.0 Å². The first-order valence-corrected chi connectivity index (χ1v) is 28.9. The van der Waals surface area contributed by atoms with E-state index in [4.69, 9.17) is 20.7 Å². The van der Waals surface area contributed by atoms with Crippen LogP contribution in [0.5, 0.6) is 23.0 Å². The van der Waals surface area contributed by atoms with Gasteiger partial charge in [0.25, 0.3) is 30.4 Å². The fraction of sp³-hybridized carbons (Fsp3) is 0.129. The van der Waals surface area contributed by atoms with Gasteiger partial charge in [0.15, 0.2) is 31.2 Å². The van der Waals surface area contributed by atoms with Gasteiger partial charge in [-0.15, -0.1) is 20.5 Å². The van der Waals surface area contributed by atoms with Crippen LogP contribution in [-0.2, 0) is 79.2 Å². The standard InChI is InChI=1S/C31H28ClN9O25S7/c32-29-35-30(37-31(36-29)34-20-8-15(10-25(27(20)44)70(53,54)55)67(46,47)5-3-65-72(59,60)61)33-14-1-2-17(24(7-14)69(50,51)52)38-39-18-12-19(23(43)13-22(18)42)40-41-21-9-16(11-26(28(21)45)71(56,57)58)68(48,49)6-4-66-73(62,63)64/h1-2,7-13,42-45H,3-6H2,(H,50,51,52)(H,53,54,55)(H,56,57,58)(H,59,60,61)(H,62,63,64)(H2,33,34,35,36,37). The lowest BCUT2D eigenvalue weighted by molar-refractivity contribution is 0.282. The number of halogens is 1. The predicted molar refractivity (Wildman–Crippen MR) is 241 cm³/mol. The van der Waals surface area contributed by atoms with Crippen molar-refractivity contribution >= 4 is 128 Å². The number of phenolic OH excluding ortho intramolecular Hbond substituents is 4. The van der Waals surface area contributed by atoms with Gasteiger partial charge in [-0.3, -0.25) is 22.8 Å². The summed E-state index contributed by atoms with van der Waals surface area (Å²) < 4.78 is 223. The quantitative estimate of drug-likeness (QED) is 0.0286. The molecule has 1 heterocycles. The summed E-state index contributed by atoms with van der Waals surface area (Å²) >= 11 is 5.99. The maximum Gasteiger partial charge on any atom is 0.397 e. The third kappa shape index (κ3) is 15.5.